The molecule has 3 N–H and O–H groups in total. The van der Waals surface area contributed by atoms with Crippen LogP contribution in [0.3, 0.4) is 0 Å². The number of aromatic nitrogens is 3. The molecule has 0 saturated heterocycles. The van der Waals surface area contributed by atoms with Crippen molar-refractivity contribution in [3.8, 4) is 0 Å². The van der Waals surface area contributed by atoms with Gasteiger partial charge in [-0.25, -0.2) is 9.97 Å². The fourth-order valence-electron chi connectivity index (χ4n) is 1.17. The van der Waals surface area contributed by atoms with Gasteiger partial charge in [-0.05, 0) is 0 Å². The van der Waals surface area contributed by atoms with Crippen molar-refractivity contribution < 1.29 is 0 Å². The fourth-order valence-corrected chi connectivity index (χ4v) is 1.17. The molecule has 0 aromatic carbocycles. The molecule has 0 atom stereocenters. The maximum atomic E-state index is 5.66. The Labute approximate surface area is 69.1 Å². The molecule has 2 aromatic rings. The highest BCUT2D eigenvalue weighted by Gasteiger charge is 2.04. The van der Waals surface area contributed by atoms with Gasteiger partial charge in [-0.1, -0.05) is 12.7 Å². The Kier molecular flexibility index (Phi) is 1.33. The van der Waals surface area contributed by atoms with Gasteiger partial charge >= 0.3 is 0 Å². The summed E-state index contributed by atoms with van der Waals surface area (Å²) in [4.78, 5) is 10.9. The number of nitrogen functional groups attached to an aromatic ring is 1. The number of nitrogens with zero attached hydrogens (tertiary/aromatic N) is 2. The highest BCUT2D eigenvalue weighted by atomic mass is 15.0. The minimum Gasteiger partial charge on any atom is -0.383 e. The van der Waals surface area contributed by atoms with Gasteiger partial charge < -0.3 is 10.7 Å². The van der Waals surface area contributed by atoms with Crippen molar-refractivity contribution in [1.82, 2.24) is 15.0 Å². The summed E-state index contributed by atoms with van der Waals surface area (Å²) < 4.78 is 0. The number of aromatic amines is 1. The number of nitrogens with two attached hydrogens (primary N) is 1. The molecule has 0 bridgehead atoms. The van der Waals surface area contributed by atoms with Crippen LogP contribution in [-0.2, 0) is 0 Å². The van der Waals surface area contributed by atoms with Gasteiger partial charge in [0.15, 0.2) is 0 Å². The molecule has 0 saturated carbocycles. The number of hydrogen-bond acceptors (Lipinski definition) is 3. The lowest BCUT2D eigenvalue weighted by molar-refractivity contribution is 1.21. The van der Waals surface area contributed by atoms with E-state index in [-0.39, 0.29) is 0 Å². The molecule has 12 heavy (non-hydrogen) atoms. The van der Waals surface area contributed by atoms with Crippen LogP contribution in [0.2, 0.25) is 0 Å². The zero-order chi connectivity index (χ0) is 8.55. The Morgan fingerprint density at radius 3 is 3.08 bits per heavy atom. The van der Waals surface area contributed by atoms with Crippen molar-refractivity contribution in [3.05, 3.63) is 24.7 Å². The van der Waals surface area contributed by atoms with Crippen LogP contribution in [0, 0.1) is 0 Å². The van der Waals surface area contributed by atoms with Gasteiger partial charge in [0, 0.05) is 11.8 Å². The van der Waals surface area contributed by atoms with Gasteiger partial charge in [0.25, 0.3) is 0 Å². The van der Waals surface area contributed by atoms with Crippen LogP contribution in [0.1, 0.15) is 5.56 Å². The van der Waals surface area contributed by atoms with E-state index in [2.05, 4.69) is 21.5 Å². The molecule has 0 aliphatic heterocycles. The first-order valence-corrected chi connectivity index (χ1v) is 3.53. The summed E-state index contributed by atoms with van der Waals surface area (Å²) in [6, 6.07) is 0. The zero-order valence-electron chi connectivity index (χ0n) is 6.41. The van der Waals surface area contributed by atoms with Crippen LogP contribution < -0.4 is 5.73 Å². The second kappa shape index (κ2) is 2.34. The molecule has 0 aliphatic carbocycles. The summed E-state index contributed by atoms with van der Waals surface area (Å²) in [6.45, 7) is 3.66. The Balaban J connectivity index is 2.91. The minimum absolute atomic E-state index is 0.483. The summed E-state index contributed by atoms with van der Waals surface area (Å²) in [5.74, 6) is 0.483. The first-order valence-electron chi connectivity index (χ1n) is 3.53. The highest BCUT2D eigenvalue weighted by Crippen LogP contribution is 2.20. The third kappa shape index (κ3) is 0.780. The Morgan fingerprint density at radius 1 is 1.50 bits per heavy atom. The smallest absolute Gasteiger partial charge is 0.143 e. The summed E-state index contributed by atoms with van der Waals surface area (Å²) in [7, 11) is 0. The van der Waals surface area contributed by atoms with Crippen LogP contribution in [0.25, 0.3) is 17.1 Å². The van der Waals surface area contributed by atoms with E-state index in [0.29, 0.717) is 5.82 Å². The van der Waals surface area contributed by atoms with E-state index in [9.17, 15) is 0 Å². The molecule has 0 amide bonds. The number of anilines is 1. The van der Waals surface area contributed by atoms with Crippen LogP contribution in [0.5, 0.6) is 0 Å². The van der Waals surface area contributed by atoms with Crippen LogP contribution in [0.15, 0.2) is 19.1 Å². The fraction of sp³-hybridized carbons (Fsp3) is 0. The second-order valence-electron chi connectivity index (χ2n) is 2.43. The second-order valence-corrected chi connectivity index (χ2v) is 2.43. The standard InChI is InChI=1S/C8H8N4/c1-2-5-3-10-8-6(5)7(9)11-4-12-8/h2-4H,1H2,(H3,9,10,11,12). The molecule has 4 nitrogen and oxygen atoms in total. The van der Waals surface area contributed by atoms with Gasteiger partial charge in [0.05, 0.1) is 5.39 Å². The quantitative estimate of drug-likeness (QED) is 0.658. The van der Waals surface area contributed by atoms with E-state index in [1.807, 2.05) is 6.20 Å². The van der Waals surface area contributed by atoms with E-state index in [4.69, 9.17) is 5.73 Å². The van der Waals surface area contributed by atoms with Crippen LogP contribution in [0.4, 0.5) is 5.82 Å². The molecule has 4 heteroatoms. The number of rotatable bonds is 1. The maximum Gasteiger partial charge on any atom is 0.143 e. The molecular weight excluding hydrogens is 152 g/mol. The molecule has 0 spiro atoms. The molecule has 0 aliphatic rings. The summed E-state index contributed by atoms with van der Waals surface area (Å²) in [6.07, 6.45) is 4.96. The maximum absolute atomic E-state index is 5.66. The Hall–Kier alpha value is -1.84. The lowest BCUT2D eigenvalue weighted by Gasteiger charge is -1.93. The lowest BCUT2D eigenvalue weighted by atomic mass is 10.2. The molecule has 2 rings (SSSR count). The molecule has 2 heterocycles. The van der Waals surface area contributed by atoms with Crippen molar-refractivity contribution >= 4 is 22.9 Å². The monoisotopic (exact) mass is 160 g/mol. The normalized spacial score (nSPS) is 10.3. The average molecular weight is 160 g/mol. The predicted molar refractivity (Wildman–Crippen MR) is 48.4 cm³/mol. The van der Waals surface area contributed by atoms with Crippen molar-refractivity contribution in [2.45, 2.75) is 0 Å². The van der Waals surface area contributed by atoms with Gasteiger partial charge in [-0.2, -0.15) is 0 Å². The summed E-state index contributed by atoms with van der Waals surface area (Å²) >= 11 is 0. The van der Waals surface area contributed by atoms with E-state index >= 15 is 0 Å². The molecular formula is C8H8N4. The number of H-pyrrole nitrogens is 1. The molecule has 2 aromatic heterocycles. The van der Waals surface area contributed by atoms with Gasteiger partial charge in [0.2, 0.25) is 0 Å². The van der Waals surface area contributed by atoms with E-state index in [1.165, 1.54) is 6.33 Å². The third-order valence-electron chi connectivity index (χ3n) is 1.75. The van der Waals surface area contributed by atoms with Gasteiger partial charge in [-0.15, -0.1) is 0 Å². The van der Waals surface area contributed by atoms with Crippen molar-refractivity contribution in [1.29, 1.82) is 0 Å². The molecule has 0 unspecified atom stereocenters. The highest BCUT2D eigenvalue weighted by molar-refractivity contribution is 5.93. The average Bonchev–Trinajstić information content (AvgIpc) is 2.49. The minimum atomic E-state index is 0.483. The van der Waals surface area contributed by atoms with E-state index < -0.39 is 0 Å². The summed E-state index contributed by atoms with van der Waals surface area (Å²) in [5.41, 5.74) is 7.34. The predicted octanol–water partition coefficient (Wildman–Crippen LogP) is 1.18. The van der Waals surface area contributed by atoms with E-state index in [1.54, 1.807) is 6.08 Å². The SMILES string of the molecule is C=Cc1c[nH]c2ncnc(N)c12. The first kappa shape index (κ1) is 6.84. The first-order chi connectivity index (χ1) is 5.83. The molecule has 0 fully saturated rings. The number of nitrogens with one attached hydrogen (secondary N) is 1. The Bertz CT molecular complexity index is 430. The number of fused-ring (bicyclic) bond motifs is 1. The molecule has 0 radical (unpaired) electrons. The van der Waals surface area contributed by atoms with Crippen LogP contribution >= 0.6 is 0 Å². The Morgan fingerprint density at radius 2 is 2.33 bits per heavy atom. The van der Waals surface area contributed by atoms with Crippen molar-refractivity contribution in [3.63, 3.8) is 0 Å². The van der Waals surface area contributed by atoms with Gasteiger partial charge in [-0.3, -0.25) is 0 Å². The van der Waals surface area contributed by atoms with E-state index in [0.717, 1.165) is 16.6 Å². The lowest BCUT2D eigenvalue weighted by Crippen LogP contribution is -1.91. The molecule has 60 valence electrons. The third-order valence-corrected chi connectivity index (χ3v) is 1.75. The largest absolute Gasteiger partial charge is 0.383 e. The van der Waals surface area contributed by atoms with Crippen molar-refractivity contribution in [2.75, 3.05) is 5.73 Å². The number of hydrogen-bond donors (Lipinski definition) is 2. The van der Waals surface area contributed by atoms with Crippen molar-refractivity contribution in [2.24, 2.45) is 0 Å². The van der Waals surface area contributed by atoms with Gasteiger partial charge in [0.1, 0.15) is 17.8 Å². The van der Waals surface area contributed by atoms with Crippen LogP contribution in [-0.4, -0.2) is 15.0 Å². The zero-order valence-corrected chi connectivity index (χ0v) is 6.41. The summed E-state index contributed by atoms with van der Waals surface area (Å²) in [5, 5.41) is 0.840. The topological polar surface area (TPSA) is 67.6 Å².